The summed E-state index contributed by atoms with van der Waals surface area (Å²) in [5.74, 6) is 0.391. The Hall–Kier alpha value is -4.04. The van der Waals surface area contributed by atoms with Crippen LogP contribution in [-0.2, 0) is 0 Å². The van der Waals surface area contributed by atoms with Crippen molar-refractivity contribution < 1.29 is 0 Å². The van der Waals surface area contributed by atoms with E-state index < -0.39 is 0 Å². The van der Waals surface area contributed by atoms with Crippen LogP contribution in [0.25, 0.3) is 16.6 Å². The van der Waals surface area contributed by atoms with Crippen molar-refractivity contribution in [3.8, 4) is 5.69 Å². The summed E-state index contributed by atoms with van der Waals surface area (Å²) >= 11 is 0. The maximum Gasteiger partial charge on any atom is 0.0528 e. The molecular weight excluding hydrogens is 520 g/mol. The molecule has 4 aromatic rings. The average Bonchev–Trinajstić information content (AvgIpc) is 3.46. The van der Waals surface area contributed by atoms with E-state index in [0.29, 0.717) is 5.92 Å². The molecule has 0 spiro atoms. The minimum absolute atomic E-state index is 0.391. The van der Waals surface area contributed by atoms with Gasteiger partial charge in [0.05, 0.1) is 5.52 Å². The highest BCUT2D eigenvalue weighted by atomic mass is 15.1. The Labute approximate surface area is 259 Å². The molecule has 0 aliphatic carbocycles. The topological polar surface area (TPSA) is 8.17 Å². The van der Waals surface area contributed by atoms with E-state index in [1.54, 1.807) is 0 Å². The van der Waals surface area contributed by atoms with E-state index >= 15 is 0 Å². The van der Waals surface area contributed by atoms with Crippen molar-refractivity contribution in [2.45, 2.75) is 79.6 Å². The Kier molecular flexibility index (Phi) is 9.87. The lowest BCUT2D eigenvalue weighted by Crippen LogP contribution is -2.28. The van der Waals surface area contributed by atoms with E-state index in [0.717, 1.165) is 6.54 Å². The number of para-hydroxylation sites is 1. The fourth-order valence-corrected chi connectivity index (χ4v) is 6.59. The molecule has 0 amide bonds. The van der Waals surface area contributed by atoms with Gasteiger partial charge in [-0.2, -0.15) is 0 Å². The fourth-order valence-electron chi connectivity index (χ4n) is 6.59. The molecule has 2 heterocycles. The molecule has 1 aromatic heterocycles. The number of hydrogen-bond acceptors (Lipinski definition) is 1. The van der Waals surface area contributed by atoms with Gasteiger partial charge in [-0.3, -0.25) is 0 Å². The first-order valence-electron chi connectivity index (χ1n) is 16.1. The lowest BCUT2D eigenvalue weighted by Gasteiger charge is -2.33. The van der Waals surface area contributed by atoms with E-state index in [4.69, 9.17) is 0 Å². The Bertz CT molecular complexity index is 1670. The van der Waals surface area contributed by atoms with E-state index in [2.05, 4.69) is 154 Å². The van der Waals surface area contributed by atoms with Gasteiger partial charge in [0, 0.05) is 35.7 Å². The molecule has 1 aliphatic heterocycles. The number of nitrogens with zero attached hydrogens (tertiary/aromatic N) is 2. The zero-order valence-corrected chi connectivity index (χ0v) is 27.0. The summed E-state index contributed by atoms with van der Waals surface area (Å²) in [5, 5.41) is 1.28. The first-order chi connectivity index (χ1) is 20.9. The Morgan fingerprint density at radius 1 is 0.814 bits per heavy atom. The molecule has 0 fully saturated rings. The predicted molar refractivity (Wildman–Crippen MR) is 187 cm³/mol. The van der Waals surface area contributed by atoms with Gasteiger partial charge in [-0.05, 0) is 111 Å². The predicted octanol–water partition coefficient (Wildman–Crippen LogP) is 11.6. The highest BCUT2D eigenvalue weighted by molar-refractivity contribution is 5.82. The van der Waals surface area contributed by atoms with Crippen LogP contribution in [0.3, 0.4) is 0 Å². The van der Waals surface area contributed by atoms with Crippen LogP contribution in [0.1, 0.15) is 89.3 Å². The number of aromatic nitrogens is 1. The van der Waals surface area contributed by atoms with E-state index in [1.807, 2.05) is 0 Å². The lowest BCUT2D eigenvalue weighted by atomic mass is 9.84. The van der Waals surface area contributed by atoms with Crippen LogP contribution in [-0.4, -0.2) is 11.1 Å². The van der Waals surface area contributed by atoms with Gasteiger partial charge >= 0.3 is 0 Å². The van der Waals surface area contributed by atoms with Gasteiger partial charge < -0.3 is 9.47 Å². The number of anilines is 1. The number of aryl methyl sites for hydroxylation is 1. The van der Waals surface area contributed by atoms with Crippen LogP contribution in [0.2, 0.25) is 0 Å². The van der Waals surface area contributed by atoms with Gasteiger partial charge in [0.2, 0.25) is 0 Å². The third-order valence-electron chi connectivity index (χ3n) is 9.26. The van der Waals surface area contributed by atoms with Crippen molar-refractivity contribution in [3.63, 3.8) is 0 Å². The Morgan fingerprint density at radius 2 is 1.58 bits per heavy atom. The fraction of sp³-hybridized carbons (Fsp3) is 0.317. The van der Waals surface area contributed by atoms with Gasteiger partial charge in [-0.15, -0.1) is 0 Å². The molecule has 0 saturated heterocycles. The quantitative estimate of drug-likeness (QED) is 0.129. The second kappa shape index (κ2) is 14.0. The molecule has 0 N–H and O–H groups in total. The number of unbranched alkanes of at least 4 members (excludes halogenated alkanes) is 3. The first kappa shape index (κ1) is 30.4. The van der Waals surface area contributed by atoms with Crippen molar-refractivity contribution in [1.29, 1.82) is 0 Å². The molecular formula is C41H48N2. The number of rotatable bonds is 11. The standard InChI is InChI=1S/C41H48N2/c1-7-9-11-13-18-40(38-25-24-37(28-30(38)3)42-27-26-35-16-14-15-19-41(35)42)34-20-22-36(23-21-34)43-29-31(4)32(5)39(33(43)6)17-12-10-8-2/h8,10,12,14-17,19-28,40H,7,9,11,13,18,29H2,1-6H3/b10-8-,17-12-. The van der Waals surface area contributed by atoms with Crippen LogP contribution in [0.4, 0.5) is 5.69 Å². The molecule has 0 bridgehead atoms. The van der Waals surface area contributed by atoms with Gasteiger partial charge in [0.25, 0.3) is 0 Å². The van der Waals surface area contributed by atoms with Gasteiger partial charge in [-0.1, -0.05) is 98.9 Å². The van der Waals surface area contributed by atoms with Crippen molar-refractivity contribution in [3.05, 3.63) is 142 Å². The summed E-state index contributed by atoms with van der Waals surface area (Å²) in [6.07, 6.45) is 17.1. The highest BCUT2D eigenvalue weighted by Crippen LogP contribution is 2.37. The molecule has 0 radical (unpaired) electrons. The SMILES string of the molecule is C/C=C\C=C/C1=C(C)N(c2ccc(C(CCCCCC)c3ccc(-n4ccc5ccccc54)cc3C)cc2)CC(C)=C1C. The van der Waals surface area contributed by atoms with Gasteiger partial charge in [0.1, 0.15) is 0 Å². The zero-order valence-electron chi connectivity index (χ0n) is 27.0. The second-order valence-electron chi connectivity index (χ2n) is 12.2. The second-order valence-corrected chi connectivity index (χ2v) is 12.2. The third-order valence-corrected chi connectivity index (χ3v) is 9.26. The van der Waals surface area contributed by atoms with Crippen LogP contribution >= 0.6 is 0 Å². The molecule has 1 aliphatic rings. The summed E-state index contributed by atoms with van der Waals surface area (Å²) in [6.45, 7) is 14.4. The minimum atomic E-state index is 0.391. The first-order valence-corrected chi connectivity index (χ1v) is 16.1. The normalized spacial score (nSPS) is 15.1. The third kappa shape index (κ3) is 6.64. The summed E-state index contributed by atoms with van der Waals surface area (Å²) < 4.78 is 2.31. The van der Waals surface area contributed by atoms with Crippen molar-refractivity contribution >= 4 is 16.6 Å². The van der Waals surface area contributed by atoms with Crippen LogP contribution < -0.4 is 4.90 Å². The van der Waals surface area contributed by atoms with E-state index in [9.17, 15) is 0 Å². The van der Waals surface area contributed by atoms with Crippen LogP contribution in [0.15, 0.2) is 126 Å². The summed E-state index contributed by atoms with van der Waals surface area (Å²) in [5.41, 5.74) is 13.4. The molecule has 43 heavy (non-hydrogen) atoms. The van der Waals surface area contributed by atoms with E-state index in [1.165, 1.54) is 93.5 Å². The Balaban J connectivity index is 1.45. The van der Waals surface area contributed by atoms with Crippen molar-refractivity contribution in [2.24, 2.45) is 0 Å². The highest BCUT2D eigenvalue weighted by Gasteiger charge is 2.22. The molecule has 2 nitrogen and oxygen atoms in total. The molecule has 2 heteroatoms. The molecule has 3 aromatic carbocycles. The largest absolute Gasteiger partial charge is 0.341 e. The summed E-state index contributed by atoms with van der Waals surface area (Å²) in [6, 6.07) is 27.3. The maximum absolute atomic E-state index is 2.47. The molecule has 1 atom stereocenters. The monoisotopic (exact) mass is 568 g/mol. The number of fused-ring (bicyclic) bond motifs is 1. The molecule has 1 unspecified atom stereocenters. The molecule has 5 rings (SSSR count). The van der Waals surface area contributed by atoms with Crippen molar-refractivity contribution in [1.82, 2.24) is 4.57 Å². The lowest BCUT2D eigenvalue weighted by molar-refractivity contribution is 0.595. The van der Waals surface area contributed by atoms with Gasteiger partial charge in [0.15, 0.2) is 0 Å². The van der Waals surface area contributed by atoms with E-state index in [-0.39, 0.29) is 0 Å². The average molecular weight is 569 g/mol. The molecule has 0 saturated carbocycles. The summed E-state index contributed by atoms with van der Waals surface area (Å²) in [4.78, 5) is 2.47. The summed E-state index contributed by atoms with van der Waals surface area (Å²) in [7, 11) is 0. The minimum Gasteiger partial charge on any atom is -0.341 e. The van der Waals surface area contributed by atoms with Crippen LogP contribution in [0.5, 0.6) is 0 Å². The maximum atomic E-state index is 2.47. The van der Waals surface area contributed by atoms with Crippen LogP contribution in [0, 0.1) is 6.92 Å². The number of benzene rings is 3. The number of allylic oxidation sites excluding steroid dienone is 7. The smallest absolute Gasteiger partial charge is 0.0528 e. The number of hydrogen-bond donors (Lipinski definition) is 0. The van der Waals surface area contributed by atoms with Gasteiger partial charge in [-0.25, -0.2) is 0 Å². The Morgan fingerprint density at radius 3 is 2.33 bits per heavy atom. The zero-order chi connectivity index (χ0) is 30.3. The molecule has 222 valence electrons. The van der Waals surface area contributed by atoms with Crippen molar-refractivity contribution in [2.75, 3.05) is 11.4 Å².